The largest absolute Gasteiger partial charge is 0.263 e. The first kappa shape index (κ1) is 12.3. The Kier molecular flexibility index (Phi) is 3.93. The van der Waals surface area contributed by atoms with Gasteiger partial charge in [-0.15, -0.1) is 0 Å². The number of rotatable bonds is 3. The number of para-hydroxylation sites is 1. The number of benzene rings is 2. The molecule has 0 N–H and O–H groups in total. The number of anilines is 1. The molecule has 0 aliphatic heterocycles. The molecule has 0 fully saturated rings. The Bertz CT molecular complexity index is 485. The summed E-state index contributed by atoms with van der Waals surface area (Å²) in [5.41, 5.74) is 2.63. The fourth-order valence-electron chi connectivity index (χ4n) is 1.67. The maximum absolute atomic E-state index is 6.36. The molecule has 2 aromatic carbocycles. The van der Waals surface area contributed by atoms with E-state index in [9.17, 15) is 0 Å². The third-order valence-corrected chi connectivity index (χ3v) is 3.54. The van der Waals surface area contributed by atoms with Crippen molar-refractivity contribution in [2.24, 2.45) is 0 Å². The number of hydrogen-bond acceptors (Lipinski definition) is 1. The second-order valence-corrected chi connectivity index (χ2v) is 4.62. The summed E-state index contributed by atoms with van der Waals surface area (Å²) in [6.45, 7) is 2.01. The lowest BCUT2D eigenvalue weighted by Crippen LogP contribution is -2.14. The van der Waals surface area contributed by atoms with Gasteiger partial charge >= 0.3 is 0 Å². The fourth-order valence-corrected chi connectivity index (χ4v) is 2.22. The molecule has 0 saturated carbocycles. The van der Waals surface area contributed by atoms with Crippen LogP contribution >= 0.6 is 23.4 Å². The molecule has 0 aliphatic carbocycles. The second kappa shape index (κ2) is 5.44. The number of nitrogens with zero attached hydrogens (tertiary/aromatic N) is 1. The minimum atomic E-state index is -0.376. The van der Waals surface area contributed by atoms with E-state index in [0.717, 1.165) is 16.8 Å². The first-order chi connectivity index (χ1) is 8.20. The van der Waals surface area contributed by atoms with Crippen LogP contribution in [-0.2, 0) is 0 Å². The lowest BCUT2D eigenvalue weighted by molar-refractivity contribution is 0.992. The van der Waals surface area contributed by atoms with Crippen molar-refractivity contribution >= 4 is 29.1 Å². The molecule has 88 valence electrons. The van der Waals surface area contributed by atoms with E-state index in [-0.39, 0.29) is 5.50 Å². The first-order valence-electron chi connectivity index (χ1n) is 5.40. The van der Waals surface area contributed by atoms with Crippen LogP contribution in [0.4, 0.5) is 5.69 Å². The highest BCUT2D eigenvalue weighted by molar-refractivity contribution is 6.33. The average molecular weight is 266 g/mol. The molecule has 1 nitrogen and oxygen atoms in total. The van der Waals surface area contributed by atoms with Gasteiger partial charge in [0.05, 0.1) is 5.69 Å². The Labute approximate surface area is 112 Å². The van der Waals surface area contributed by atoms with Crippen LogP contribution in [0.2, 0.25) is 0 Å². The molecule has 0 saturated heterocycles. The van der Waals surface area contributed by atoms with E-state index in [2.05, 4.69) is 0 Å². The van der Waals surface area contributed by atoms with Crippen LogP contribution in [0.25, 0.3) is 0 Å². The molecule has 0 spiro atoms. The maximum Gasteiger partial charge on any atom is 0.144 e. The quantitative estimate of drug-likeness (QED) is 0.434. The molecule has 0 amide bonds. The zero-order chi connectivity index (χ0) is 12.3. The van der Waals surface area contributed by atoms with Crippen molar-refractivity contribution in [1.29, 1.82) is 0 Å². The number of hydrogen-bond donors (Lipinski definition) is 0. The summed E-state index contributed by atoms with van der Waals surface area (Å²) in [5, 5.41) is 0. The molecule has 17 heavy (non-hydrogen) atoms. The van der Waals surface area contributed by atoms with Crippen LogP contribution in [-0.4, -0.2) is 0 Å². The second-order valence-electron chi connectivity index (χ2n) is 3.84. The topological polar surface area (TPSA) is 3.24 Å². The Morgan fingerprint density at radius 3 is 2.18 bits per heavy atom. The van der Waals surface area contributed by atoms with Gasteiger partial charge in [0.2, 0.25) is 0 Å². The molecule has 0 radical (unpaired) electrons. The van der Waals surface area contributed by atoms with Gasteiger partial charge in [-0.2, -0.15) is 0 Å². The van der Waals surface area contributed by atoms with Crippen molar-refractivity contribution in [3.63, 3.8) is 0 Å². The zero-order valence-corrected chi connectivity index (χ0v) is 11.0. The SMILES string of the molecule is Cc1ccccc1N(Cl)C(Cl)c1ccccc1. The monoisotopic (exact) mass is 265 g/mol. The summed E-state index contributed by atoms with van der Waals surface area (Å²) in [5.74, 6) is 0. The molecule has 2 rings (SSSR count). The summed E-state index contributed by atoms with van der Waals surface area (Å²) in [7, 11) is 0. The maximum atomic E-state index is 6.36. The molecular formula is C14H13Cl2N. The summed E-state index contributed by atoms with van der Waals surface area (Å²) in [6, 6.07) is 17.7. The van der Waals surface area contributed by atoms with E-state index in [4.69, 9.17) is 23.4 Å². The standard InChI is InChI=1S/C14H13Cl2N/c1-11-7-5-6-10-13(11)17(16)14(15)12-8-3-2-4-9-12/h2-10,14H,1H3. The number of halogens is 2. The van der Waals surface area contributed by atoms with E-state index >= 15 is 0 Å². The lowest BCUT2D eigenvalue weighted by Gasteiger charge is -2.23. The van der Waals surface area contributed by atoms with Gasteiger partial charge in [-0.25, -0.2) is 0 Å². The molecule has 2 aromatic rings. The van der Waals surface area contributed by atoms with E-state index < -0.39 is 0 Å². The number of alkyl halides is 1. The van der Waals surface area contributed by atoms with Crippen LogP contribution in [0.15, 0.2) is 54.6 Å². The van der Waals surface area contributed by atoms with E-state index in [1.54, 1.807) is 4.42 Å². The van der Waals surface area contributed by atoms with Crippen molar-refractivity contribution in [3.05, 3.63) is 65.7 Å². The van der Waals surface area contributed by atoms with E-state index in [1.807, 2.05) is 61.5 Å². The van der Waals surface area contributed by atoms with Crippen LogP contribution in [0.3, 0.4) is 0 Å². The highest BCUT2D eigenvalue weighted by atomic mass is 35.5. The van der Waals surface area contributed by atoms with Gasteiger partial charge in [0.1, 0.15) is 5.50 Å². The van der Waals surface area contributed by atoms with Gasteiger partial charge in [0.25, 0.3) is 0 Å². The Morgan fingerprint density at radius 1 is 0.941 bits per heavy atom. The van der Waals surface area contributed by atoms with Crippen LogP contribution < -0.4 is 4.42 Å². The van der Waals surface area contributed by atoms with Gasteiger partial charge in [-0.3, -0.25) is 4.42 Å². The van der Waals surface area contributed by atoms with Crippen LogP contribution in [0.5, 0.6) is 0 Å². The Hall–Kier alpha value is -1.18. The Balaban J connectivity index is 2.27. The first-order valence-corrected chi connectivity index (χ1v) is 6.17. The van der Waals surface area contributed by atoms with Gasteiger partial charge in [-0.05, 0) is 24.1 Å². The minimum Gasteiger partial charge on any atom is -0.263 e. The normalized spacial score (nSPS) is 12.2. The van der Waals surface area contributed by atoms with Gasteiger partial charge in [0, 0.05) is 11.8 Å². The van der Waals surface area contributed by atoms with Crippen molar-refractivity contribution in [2.45, 2.75) is 12.4 Å². The van der Waals surface area contributed by atoms with Gasteiger partial charge in [-0.1, -0.05) is 60.1 Å². The molecule has 1 atom stereocenters. The van der Waals surface area contributed by atoms with Crippen molar-refractivity contribution in [2.75, 3.05) is 4.42 Å². The van der Waals surface area contributed by atoms with Gasteiger partial charge < -0.3 is 0 Å². The molecular weight excluding hydrogens is 253 g/mol. The predicted octanol–water partition coefficient (Wildman–Crippen LogP) is 4.89. The molecule has 0 aliphatic rings. The van der Waals surface area contributed by atoms with Gasteiger partial charge in [0.15, 0.2) is 0 Å². The summed E-state index contributed by atoms with van der Waals surface area (Å²) < 4.78 is 1.56. The third-order valence-electron chi connectivity index (χ3n) is 2.62. The molecule has 0 aromatic heterocycles. The summed E-state index contributed by atoms with van der Waals surface area (Å²) in [6.07, 6.45) is 0. The zero-order valence-electron chi connectivity index (χ0n) is 9.48. The summed E-state index contributed by atoms with van der Waals surface area (Å²) in [4.78, 5) is 0. The predicted molar refractivity (Wildman–Crippen MR) is 74.5 cm³/mol. The minimum absolute atomic E-state index is 0.376. The number of aryl methyl sites for hydroxylation is 1. The highest BCUT2D eigenvalue weighted by Gasteiger charge is 2.17. The molecule has 0 heterocycles. The lowest BCUT2D eigenvalue weighted by atomic mass is 10.2. The van der Waals surface area contributed by atoms with Crippen molar-refractivity contribution < 1.29 is 0 Å². The fraction of sp³-hybridized carbons (Fsp3) is 0.143. The van der Waals surface area contributed by atoms with E-state index in [1.165, 1.54) is 0 Å². The van der Waals surface area contributed by atoms with Crippen molar-refractivity contribution in [3.8, 4) is 0 Å². The van der Waals surface area contributed by atoms with Crippen LogP contribution in [0.1, 0.15) is 16.6 Å². The van der Waals surface area contributed by atoms with Crippen molar-refractivity contribution in [1.82, 2.24) is 0 Å². The Morgan fingerprint density at radius 2 is 1.53 bits per heavy atom. The third kappa shape index (κ3) is 2.74. The highest BCUT2D eigenvalue weighted by Crippen LogP contribution is 2.33. The molecule has 3 heteroatoms. The average Bonchev–Trinajstić information content (AvgIpc) is 2.39. The summed E-state index contributed by atoms with van der Waals surface area (Å²) >= 11 is 12.7. The smallest absolute Gasteiger partial charge is 0.144 e. The molecule has 0 bridgehead atoms. The van der Waals surface area contributed by atoms with E-state index in [0.29, 0.717) is 0 Å². The van der Waals surface area contributed by atoms with Crippen LogP contribution in [0, 0.1) is 6.92 Å². The molecule has 1 unspecified atom stereocenters.